The molecule has 0 saturated heterocycles. The maximum Gasteiger partial charge on any atom is 0.261 e. The van der Waals surface area contributed by atoms with E-state index in [1.54, 1.807) is 37.9 Å². The summed E-state index contributed by atoms with van der Waals surface area (Å²) in [5, 5.41) is 16.1. The normalized spacial score (nSPS) is 14.0. The molecule has 6 rings (SSSR count). The summed E-state index contributed by atoms with van der Waals surface area (Å²) in [6.07, 6.45) is 9.41. The van der Waals surface area contributed by atoms with Gasteiger partial charge in [0, 0.05) is 49.7 Å². The van der Waals surface area contributed by atoms with Crippen LogP contribution in [0.15, 0.2) is 55.4 Å². The van der Waals surface area contributed by atoms with Crippen LogP contribution >= 0.6 is 0 Å². The van der Waals surface area contributed by atoms with Crippen LogP contribution in [0.1, 0.15) is 17.7 Å². The number of benzene rings is 1. The van der Waals surface area contributed by atoms with Gasteiger partial charge in [-0.05, 0) is 30.7 Å². The third-order valence-electron chi connectivity index (χ3n) is 6.17. The molecule has 11 heteroatoms. The minimum absolute atomic E-state index is 0.162. The van der Waals surface area contributed by atoms with Gasteiger partial charge in [-0.15, -0.1) is 5.10 Å². The van der Waals surface area contributed by atoms with Crippen LogP contribution < -0.4 is 5.32 Å². The second-order valence-electron chi connectivity index (χ2n) is 8.33. The van der Waals surface area contributed by atoms with E-state index >= 15 is 0 Å². The SMILES string of the molecule is Cn1nc(C2=C(c3cn(CCCn4ccnc4)c4cc(F)ccc34)C(=O)NC2=O)c2ccnnc21. The van der Waals surface area contributed by atoms with Crippen molar-refractivity contribution < 1.29 is 14.0 Å². The molecular weight excluding hydrogens is 451 g/mol. The number of imidazole rings is 1. The number of amides is 2. The minimum Gasteiger partial charge on any atom is -0.347 e. The molecule has 5 heterocycles. The first-order valence-electron chi connectivity index (χ1n) is 11.0. The molecule has 0 radical (unpaired) electrons. The standard InChI is InChI=1S/C24H19FN8O2/c1-31-22-16(5-6-27-29-22)21(30-31)20-19(23(34)28-24(20)35)17-12-33(9-2-8-32-10-7-26-13-32)18-11-14(25)3-4-15(17)18/h3-7,10-13H,2,8-9H2,1H3,(H,28,34,35). The van der Waals surface area contributed by atoms with Crippen LogP contribution in [0.2, 0.25) is 0 Å². The Balaban J connectivity index is 1.51. The van der Waals surface area contributed by atoms with E-state index in [0.29, 0.717) is 39.7 Å². The van der Waals surface area contributed by atoms with Crippen LogP contribution in [0.4, 0.5) is 4.39 Å². The predicted octanol–water partition coefficient (Wildman–Crippen LogP) is 2.31. The molecule has 0 fully saturated rings. The minimum atomic E-state index is -0.537. The lowest BCUT2D eigenvalue weighted by Crippen LogP contribution is -2.22. The molecule has 1 N–H and O–H groups in total. The van der Waals surface area contributed by atoms with Crippen molar-refractivity contribution in [2.45, 2.75) is 19.5 Å². The lowest BCUT2D eigenvalue weighted by Gasteiger charge is -2.06. The molecule has 1 aromatic carbocycles. The Morgan fingerprint density at radius 1 is 1.03 bits per heavy atom. The average molecular weight is 470 g/mol. The number of aryl methyl sites for hydroxylation is 3. The quantitative estimate of drug-likeness (QED) is 0.381. The first-order chi connectivity index (χ1) is 17.0. The molecular formula is C24H19FN8O2. The van der Waals surface area contributed by atoms with Gasteiger partial charge in [0.2, 0.25) is 0 Å². The lowest BCUT2D eigenvalue weighted by molar-refractivity contribution is -0.122. The summed E-state index contributed by atoms with van der Waals surface area (Å²) in [5.41, 5.74) is 2.39. The summed E-state index contributed by atoms with van der Waals surface area (Å²) >= 11 is 0. The molecule has 0 spiro atoms. The van der Waals surface area contributed by atoms with Crippen LogP contribution in [0.3, 0.4) is 0 Å². The molecule has 10 nitrogen and oxygen atoms in total. The number of imide groups is 1. The second-order valence-corrected chi connectivity index (χ2v) is 8.33. The van der Waals surface area contributed by atoms with Crippen LogP contribution in [0, 0.1) is 5.82 Å². The zero-order chi connectivity index (χ0) is 24.1. The summed E-state index contributed by atoms with van der Waals surface area (Å²) in [6, 6.07) is 6.13. The van der Waals surface area contributed by atoms with Crippen molar-refractivity contribution in [1.29, 1.82) is 0 Å². The Morgan fingerprint density at radius 3 is 2.71 bits per heavy atom. The van der Waals surface area contributed by atoms with E-state index in [-0.39, 0.29) is 17.0 Å². The Labute approximate surface area is 197 Å². The van der Waals surface area contributed by atoms with Crippen molar-refractivity contribution in [2.24, 2.45) is 7.05 Å². The number of nitrogens with one attached hydrogen (secondary N) is 1. The molecule has 0 saturated carbocycles. The fourth-order valence-electron chi connectivity index (χ4n) is 4.61. The Kier molecular flexibility index (Phi) is 4.76. The zero-order valence-electron chi connectivity index (χ0n) is 18.6. The van der Waals surface area contributed by atoms with Crippen LogP contribution in [-0.4, -0.2) is 45.9 Å². The largest absolute Gasteiger partial charge is 0.347 e. The lowest BCUT2D eigenvalue weighted by atomic mass is 9.98. The number of rotatable bonds is 6. The van der Waals surface area contributed by atoms with Gasteiger partial charge in [-0.25, -0.2) is 14.1 Å². The number of halogens is 1. The zero-order valence-corrected chi connectivity index (χ0v) is 18.6. The fraction of sp³-hybridized carbons (Fsp3) is 0.167. The summed E-state index contributed by atoms with van der Waals surface area (Å²) in [4.78, 5) is 30.1. The van der Waals surface area contributed by atoms with E-state index in [2.05, 4.69) is 25.6 Å². The third-order valence-corrected chi connectivity index (χ3v) is 6.17. The van der Waals surface area contributed by atoms with E-state index in [1.807, 2.05) is 15.3 Å². The van der Waals surface area contributed by atoms with Gasteiger partial charge < -0.3 is 9.13 Å². The van der Waals surface area contributed by atoms with Gasteiger partial charge in [0.15, 0.2) is 5.65 Å². The second kappa shape index (κ2) is 7.97. The number of fused-ring (bicyclic) bond motifs is 2. The molecule has 4 aromatic heterocycles. The van der Waals surface area contributed by atoms with Crippen LogP contribution in [0.5, 0.6) is 0 Å². The third kappa shape index (κ3) is 3.39. The molecule has 5 aromatic rings. The van der Waals surface area contributed by atoms with Gasteiger partial charge in [0.05, 0.1) is 34.6 Å². The maximum absolute atomic E-state index is 14.2. The molecule has 1 aliphatic heterocycles. The number of carbonyl (C=O) groups is 2. The highest BCUT2D eigenvalue weighted by Gasteiger charge is 2.36. The molecule has 174 valence electrons. The molecule has 0 bridgehead atoms. The average Bonchev–Trinajstić information content (AvgIpc) is 3.61. The Bertz CT molecular complexity index is 1660. The number of hydrogen-bond acceptors (Lipinski definition) is 6. The monoisotopic (exact) mass is 470 g/mol. The summed E-state index contributed by atoms with van der Waals surface area (Å²) in [6.45, 7) is 1.32. The highest BCUT2D eigenvalue weighted by atomic mass is 19.1. The summed E-state index contributed by atoms with van der Waals surface area (Å²) in [5.74, 6) is -1.44. The number of carbonyl (C=O) groups excluding carboxylic acids is 2. The van der Waals surface area contributed by atoms with Crippen molar-refractivity contribution in [3.8, 4) is 0 Å². The molecule has 1 aliphatic rings. The molecule has 0 unspecified atom stereocenters. The number of aromatic nitrogens is 7. The van der Waals surface area contributed by atoms with E-state index in [9.17, 15) is 14.0 Å². The van der Waals surface area contributed by atoms with Gasteiger partial charge >= 0.3 is 0 Å². The predicted molar refractivity (Wildman–Crippen MR) is 125 cm³/mol. The smallest absolute Gasteiger partial charge is 0.261 e. The van der Waals surface area contributed by atoms with Gasteiger partial charge in [-0.2, -0.15) is 10.2 Å². The first kappa shape index (κ1) is 20.9. The summed E-state index contributed by atoms with van der Waals surface area (Å²) < 4.78 is 19.6. The van der Waals surface area contributed by atoms with Gasteiger partial charge in [0.25, 0.3) is 11.8 Å². The highest BCUT2D eigenvalue weighted by molar-refractivity contribution is 6.50. The first-order valence-corrected chi connectivity index (χ1v) is 11.0. The Hall–Kier alpha value is -4.67. The number of nitrogens with zero attached hydrogens (tertiary/aromatic N) is 7. The van der Waals surface area contributed by atoms with E-state index in [1.165, 1.54) is 23.0 Å². The Morgan fingerprint density at radius 2 is 1.89 bits per heavy atom. The van der Waals surface area contributed by atoms with Crippen molar-refractivity contribution >= 4 is 44.9 Å². The van der Waals surface area contributed by atoms with Gasteiger partial charge in [-0.1, -0.05) is 0 Å². The number of hydrogen-bond donors (Lipinski definition) is 1. The maximum atomic E-state index is 14.2. The fourth-order valence-corrected chi connectivity index (χ4v) is 4.61. The van der Waals surface area contributed by atoms with Gasteiger partial charge in [-0.3, -0.25) is 14.9 Å². The molecule has 0 atom stereocenters. The van der Waals surface area contributed by atoms with E-state index in [0.717, 1.165) is 13.0 Å². The molecule has 2 amide bonds. The summed E-state index contributed by atoms with van der Waals surface area (Å²) in [7, 11) is 1.70. The highest BCUT2D eigenvalue weighted by Crippen LogP contribution is 2.37. The van der Waals surface area contributed by atoms with Crippen molar-refractivity contribution in [1.82, 2.24) is 39.4 Å². The van der Waals surface area contributed by atoms with E-state index in [4.69, 9.17) is 0 Å². The van der Waals surface area contributed by atoms with Gasteiger partial charge in [0.1, 0.15) is 11.5 Å². The van der Waals surface area contributed by atoms with Crippen molar-refractivity contribution in [2.75, 3.05) is 0 Å². The van der Waals surface area contributed by atoms with Crippen molar-refractivity contribution in [3.05, 3.63) is 72.5 Å². The van der Waals surface area contributed by atoms with Crippen LogP contribution in [-0.2, 0) is 29.7 Å². The molecule has 35 heavy (non-hydrogen) atoms. The topological polar surface area (TPSA) is 113 Å². The van der Waals surface area contributed by atoms with Crippen LogP contribution in [0.25, 0.3) is 33.1 Å². The molecule has 0 aliphatic carbocycles. The van der Waals surface area contributed by atoms with Crippen molar-refractivity contribution in [3.63, 3.8) is 0 Å². The van der Waals surface area contributed by atoms with E-state index < -0.39 is 11.8 Å².